The zero-order valence-corrected chi connectivity index (χ0v) is 19.3. The van der Waals surface area contributed by atoms with Crippen LogP contribution in [0.4, 0.5) is 0 Å². The van der Waals surface area contributed by atoms with Crippen LogP contribution in [0.1, 0.15) is 21.5 Å². The average Bonchev–Trinajstić information content (AvgIpc) is 3.37. The van der Waals surface area contributed by atoms with Gasteiger partial charge in [-0.2, -0.15) is 0 Å². The van der Waals surface area contributed by atoms with Gasteiger partial charge in [0, 0.05) is 34.2 Å². The van der Waals surface area contributed by atoms with Crippen molar-refractivity contribution in [1.29, 1.82) is 0 Å². The molecule has 0 spiro atoms. The molecule has 0 amide bonds. The Morgan fingerprint density at radius 3 is 2.52 bits per heavy atom. The first kappa shape index (κ1) is 22.6. The number of methoxy groups -OCH3 is 1. The lowest BCUT2D eigenvalue weighted by Gasteiger charge is -2.12. The van der Waals surface area contributed by atoms with E-state index in [1.165, 1.54) is 0 Å². The molecule has 4 aromatic rings. The number of carbonyl (C=O) groups is 1. The summed E-state index contributed by atoms with van der Waals surface area (Å²) < 4.78 is 13.2. The van der Waals surface area contributed by atoms with E-state index in [4.69, 9.17) is 32.7 Å². The number of allylic oxidation sites excluding steroid dienone is 1. The number of halogens is 2. The molecule has 0 N–H and O–H groups in total. The monoisotopic (exact) mass is 478 g/mol. The van der Waals surface area contributed by atoms with Crippen molar-refractivity contribution < 1.29 is 14.3 Å². The van der Waals surface area contributed by atoms with Crippen molar-refractivity contribution >= 4 is 35.1 Å². The molecule has 0 aliphatic carbocycles. The van der Waals surface area contributed by atoms with Gasteiger partial charge in [0.25, 0.3) is 0 Å². The first-order chi connectivity index (χ1) is 16.0. The Kier molecular flexibility index (Phi) is 7.13. The zero-order chi connectivity index (χ0) is 23.2. The molecular formula is C26H20Cl2N2O3. The summed E-state index contributed by atoms with van der Waals surface area (Å²) in [5.74, 6) is 1.12. The second-order valence-electron chi connectivity index (χ2n) is 7.15. The van der Waals surface area contributed by atoms with Gasteiger partial charge in [0.1, 0.15) is 18.1 Å². The van der Waals surface area contributed by atoms with Crippen molar-refractivity contribution in [2.75, 3.05) is 7.11 Å². The Morgan fingerprint density at radius 2 is 1.82 bits per heavy atom. The van der Waals surface area contributed by atoms with Crippen molar-refractivity contribution in [3.05, 3.63) is 112 Å². The second kappa shape index (κ2) is 10.4. The fraction of sp³-hybridized carbons (Fsp3) is 0.0769. The summed E-state index contributed by atoms with van der Waals surface area (Å²) in [6.07, 6.45) is 8.59. The molecule has 4 rings (SSSR count). The van der Waals surface area contributed by atoms with Crippen LogP contribution in [0.5, 0.6) is 11.5 Å². The number of benzene rings is 3. The van der Waals surface area contributed by atoms with Gasteiger partial charge in [-0.1, -0.05) is 35.3 Å². The number of ketones is 1. The van der Waals surface area contributed by atoms with Gasteiger partial charge in [0.2, 0.25) is 0 Å². The van der Waals surface area contributed by atoms with E-state index >= 15 is 0 Å². The van der Waals surface area contributed by atoms with E-state index in [1.54, 1.807) is 62.1 Å². The highest BCUT2D eigenvalue weighted by Crippen LogP contribution is 2.29. The molecule has 33 heavy (non-hydrogen) atoms. The molecule has 166 valence electrons. The molecular weight excluding hydrogens is 459 g/mol. The van der Waals surface area contributed by atoms with E-state index in [0.717, 1.165) is 16.8 Å². The number of ether oxygens (including phenoxy) is 2. The maximum atomic E-state index is 12.6. The van der Waals surface area contributed by atoms with Crippen LogP contribution >= 0.6 is 23.2 Å². The van der Waals surface area contributed by atoms with Gasteiger partial charge in [-0.05, 0) is 66.2 Å². The maximum Gasteiger partial charge on any atom is 0.185 e. The van der Waals surface area contributed by atoms with Gasteiger partial charge in [0.05, 0.1) is 18.5 Å². The van der Waals surface area contributed by atoms with Crippen LogP contribution in [0.25, 0.3) is 11.8 Å². The topological polar surface area (TPSA) is 53.4 Å². The second-order valence-corrected chi connectivity index (χ2v) is 7.99. The van der Waals surface area contributed by atoms with E-state index < -0.39 is 0 Å². The Bertz CT molecular complexity index is 1280. The van der Waals surface area contributed by atoms with Gasteiger partial charge in [-0.25, -0.2) is 4.98 Å². The normalized spacial score (nSPS) is 11.0. The summed E-state index contributed by atoms with van der Waals surface area (Å²) in [7, 11) is 1.60. The Morgan fingerprint density at radius 1 is 1.03 bits per heavy atom. The third-order valence-corrected chi connectivity index (χ3v) is 5.49. The molecule has 3 aromatic carbocycles. The summed E-state index contributed by atoms with van der Waals surface area (Å²) in [6.45, 7) is 0.246. The lowest BCUT2D eigenvalue weighted by atomic mass is 10.1. The van der Waals surface area contributed by atoms with Crippen LogP contribution in [0, 0.1) is 0 Å². The quantitative estimate of drug-likeness (QED) is 0.209. The van der Waals surface area contributed by atoms with E-state index in [1.807, 2.05) is 41.1 Å². The van der Waals surface area contributed by atoms with Crippen LogP contribution in [0.2, 0.25) is 10.0 Å². The molecule has 5 nitrogen and oxygen atoms in total. The van der Waals surface area contributed by atoms with Crippen molar-refractivity contribution in [3.63, 3.8) is 0 Å². The van der Waals surface area contributed by atoms with Crippen LogP contribution in [-0.4, -0.2) is 22.4 Å². The highest BCUT2D eigenvalue weighted by molar-refractivity contribution is 6.35. The predicted molar refractivity (Wildman–Crippen MR) is 131 cm³/mol. The summed E-state index contributed by atoms with van der Waals surface area (Å²) in [5, 5.41) is 0.972. The first-order valence-corrected chi connectivity index (χ1v) is 10.8. The lowest BCUT2D eigenvalue weighted by molar-refractivity contribution is 0.104. The highest BCUT2D eigenvalue weighted by atomic mass is 35.5. The zero-order valence-electron chi connectivity index (χ0n) is 17.7. The third kappa shape index (κ3) is 5.64. The Labute approximate surface area is 201 Å². The molecule has 0 aliphatic heterocycles. The molecule has 0 bridgehead atoms. The van der Waals surface area contributed by atoms with Crippen molar-refractivity contribution in [2.24, 2.45) is 0 Å². The molecule has 0 aliphatic rings. The Hall–Kier alpha value is -3.54. The number of rotatable bonds is 8. The number of hydrogen-bond acceptors (Lipinski definition) is 4. The molecule has 7 heteroatoms. The van der Waals surface area contributed by atoms with Gasteiger partial charge in [-0.15, -0.1) is 0 Å². The van der Waals surface area contributed by atoms with Gasteiger partial charge in [0.15, 0.2) is 5.78 Å². The maximum absolute atomic E-state index is 12.6. The minimum atomic E-state index is -0.0891. The fourth-order valence-corrected chi connectivity index (χ4v) is 3.70. The van der Waals surface area contributed by atoms with E-state index in [-0.39, 0.29) is 12.4 Å². The van der Waals surface area contributed by atoms with E-state index in [2.05, 4.69) is 4.98 Å². The molecule has 0 saturated carbocycles. The van der Waals surface area contributed by atoms with Crippen LogP contribution in [0.3, 0.4) is 0 Å². The number of aromatic nitrogens is 2. The average molecular weight is 479 g/mol. The number of hydrogen-bond donors (Lipinski definition) is 0. The van der Waals surface area contributed by atoms with Gasteiger partial charge >= 0.3 is 0 Å². The number of nitrogens with zero attached hydrogens (tertiary/aromatic N) is 2. The molecule has 0 radical (unpaired) electrons. The van der Waals surface area contributed by atoms with Crippen molar-refractivity contribution in [3.8, 4) is 17.2 Å². The standard InChI is InChI=1S/C26H20Cl2N2O3/c1-32-25-10-3-18(14-20(25)16-33-26-11-6-21(27)15-23(26)28)2-9-24(31)19-4-7-22(8-5-19)30-13-12-29-17-30/h2-15,17H,16H2,1H3/b9-2+. The fourth-order valence-electron chi connectivity index (χ4n) is 3.24. The van der Waals surface area contributed by atoms with Gasteiger partial charge in [-0.3, -0.25) is 4.79 Å². The molecule has 0 saturated heterocycles. The van der Waals surface area contributed by atoms with Gasteiger partial charge < -0.3 is 14.0 Å². The SMILES string of the molecule is COc1ccc(/C=C/C(=O)c2ccc(-n3ccnc3)cc2)cc1COc1ccc(Cl)cc1Cl. The number of imidazole rings is 1. The first-order valence-electron chi connectivity index (χ1n) is 10.1. The van der Waals surface area contributed by atoms with Crippen LogP contribution < -0.4 is 9.47 Å². The summed E-state index contributed by atoms with van der Waals surface area (Å²) in [5.41, 5.74) is 3.21. The smallest absolute Gasteiger partial charge is 0.185 e. The summed E-state index contributed by atoms with van der Waals surface area (Å²) in [4.78, 5) is 16.7. The molecule has 0 unspecified atom stereocenters. The molecule has 1 heterocycles. The number of carbonyl (C=O) groups excluding carboxylic acids is 1. The van der Waals surface area contributed by atoms with Crippen LogP contribution in [-0.2, 0) is 6.61 Å². The molecule has 1 aromatic heterocycles. The third-order valence-electron chi connectivity index (χ3n) is 4.96. The predicted octanol–water partition coefficient (Wildman–Crippen LogP) is 6.66. The lowest BCUT2D eigenvalue weighted by Crippen LogP contribution is -2.00. The van der Waals surface area contributed by atoms with E-state index in [0.29, 0.717) is 27.1 Å². The highest BCUT2D eigenvalue weighted by Gasteiger charge is 2.08. The minimum absolute atomic E-state index is 0.0891. The van der Waals surface area contributed by atoms with Crippen LogP contribution in [0.15, 0.2) is 85.5 Å². The molecule has 0 atom stereocenters. The largest absolute Gasteiger partial charge is 0.496 e. The summed E-state index contributed by atoms with van der Waals surface area (Å²) >= 11 is 12.1. The summed E-state index contributed by atoms with van der Waals surface area (Å²) in [6, 6.07) is 18.0. The van der Waals surface area contributed by atoms with E-state index in [9.17, 15) is 4.79 Å². The molecule has 0 fully saturated rings. The minimum Gasteiger partial charge on any atom is -0.496 e. The van der Waals surface area contributed by atoms with Crippen molar-refractivity contribution in [2.45, 2.75) is 6.61 Å². The van der Waals surface area contributed by atoms with Crippen molar-refractivity contribution in [1.82, 2.24) is 9.55 Å². The Balaban J connectivity index is 1.46.